The van der Waals surface area contributed by atoms with Gasteiger partial charge in [0.15, 0.2) is 17.5 Å². The quantitative estimate of drug-likeness (QED) is 0.136. The molecular weight excluding hydrogens is 399 g/mol. The second-order valence-corrected chi connectivity index (χ2v) is 5.83. The number of Topliss-reactive ketones (excluding diaryl/α,β-unsaturated/α-hetero) is 1. The molecule has 0 spiro atoms. The van der Waals surface area contributed by atoms with E-state index in [0.29, 0.717) is 17.3 Å². The van der Waals surface area contributed by atoms with Crippen LogP contribution >= 0.6 is 11.6 Å². The number of esters is 1. The number of halogens is 4. The van der Waals surface area contributed by atoms with Crippen LogP contribution in [0.5, 0.6) is 0 Å². The van der Waals surface area contributed by atoms with Crippen molar-refractivity contribution < 1.29 is 32.6 Å². The summed E-state index contributed by atoms with van der Waals surface area (Å²) in [6.07, 6.45) is 0.961. The van der Waals surface area contributed by atoms with Crippen LogP contribution in [0, 0.1) is 17.5 Å². The van der Waals surface area contributed by atoms with Crippen LogP contribution in [0.4, 0.5) is 18.9 Å². The Morgan fingerprint density at radius 1 is 1.18 bits per heavy atom. The average molecular weight is 414 g/mol. The van der Waals surface area contributed by atoms with Crippen LogP contribution in [-0.2, 0) is 16.1 Å². The summed E-state index contributed by atoms with van der Waals surface area (Å²) in [6.45, 7) is 1.25. The highest BCUT2D eigenvalue weighted by molar-refractivity contribution is 6.32. The zero-order valence-electron chi connectivity index (χ0n) is 14.6. The van der Waals surface area contributed by atoms with Gasteiger partial charge in [0.25, 0.3) is 0 Å². The Balaban J connectivity index is 2.42. The summed E-state index contributed by atoms with van der Waals surface area (Å²) in [6, 6.07) is 6.63. The number of nitrogens with one attached hydrogen (secondary N) is 1. The molecule has 0 atom stereocenters. The van der Waals surface area contributed by atoms with Crippen LogP contribution < -0.4 is 5.32 Å². The van der Waals surface area contributed by atoms with Crippen molar-refractivity contribution in [2.24, 2.45) is 0 Å². The minimum Gasteiger partial charge on any atom is -0.462 e. The smallest absolute Gasteiger partial charge is 0.343 e. The fourth-order valence-corrected chi connectivity index (χ4v) is 2.36. The van der Waals surface area contributed by atoms with Gasteiger partial charge in [-0.3, -0.25) is 4.79 Å². The molecule has 0 radical (unpaired) electrons. The lowest BCUT2D eigenvalue weighted by Crippen LogP contribution is -2.19. The van der Waals surface area contributed by atoms with E-state index in [1.807, 2.05) is 0 Å². The largest absolute Gasteiger partial charge is 0.462 e. The zero-order valence-corrected chi connectivity index (χ0v) is 15.3. The third-order valence-corrected chi connectivity index (χ3v) is 3.94. The first kappa shape index (κ1) is 21.5. The summed E-state index contributed by atoms with van der Waals surface area (Å²) >= 11 is 5.37. The molecule has 0 aliphatic rings. The molecule has 0 aliphatic heterocycles. The van der Waals surface area contributed by atoms with Crippen molar-refractivity contribution in [3.05, 3.63) is 75.7 Å². The summed E-state index contributed by atoms with van der Waals surface area (Å²) in [5.74, 6) is -7.00. The maximum Gasteiger partial charge on any atom is 0.343 e. The number of aliphatic hydroxyl groups excluding tert-OH is 1. The minimum atomic E-state index is -1.64. The molecule has 148 valence electrons. The highest BCUT2D eigenvalue weighted by Crippen LogP contribution is 2.26. The van der Waals surface area contributed by atoms with E-state index < -0.39 is 45.4 Å². The van der Waals surface area contributed by atoms with Crippen LogP contribution in [0.25, 0.3) is 0 Å². The second kappa shape index (κ2) is 9.38. The summed E-state index contributed by atoms with van der Waals surface area (Å²) in [4.78, 5) is 24.7. The molecule has 0 amide bonds. The molecule has 28 heavy (non-hydrogen) atoms. The summed E-state index contributed by atoms with van der Waals surface area (Å²) < 4.78 is 45.9. The van der Waals surface area contributed by atoms with Gasteiger partial charge in [-0.15, -0.1) is 0 Å². The van der Waals surface area contributed by atoms with Crippen LogP contribution in [0.15, 0.2) is 42.1 Å². The number of hydrogen-bond donors (Lipinski definition) is 2. The van der Waals surface area contributed by atoms with Crippen LogP contribution in [0.2, 0.25) is 5.02 Å². The Hall–Kier alpha value is -2.84. The first-order valence-corrected chi connectivity index (χ1v) is 8.39. The van der Waals surface area contributed by atoms with Crippen molar-refractivity contribution in [3.63, 3.8) is 0 Å². The molecule has 2 rings (SSSR count). The molecule has 0 unspecified atom stereocenters. The van der Waals surface area contributed by atoms with Gasteiger partial charge in [0.1, 0.15) is 10.6 Å². The van der Waals surface area contributed by atoms with Gasteiger partial charge in [0.2, 0.25) is 5.78 Å². The van der Waals surface area contributed by atoms with E-state index in [-0.39, 0.29) is 13.2 Å². The molecule has 0 aromatic heterocycles. The van der Waals surface area contributed by atoms with E-state index in [0.717, 1.165) is 6.20 Å². The van der Waals surface area contributed by atoms with Gasteiger partial charge >= 0.3 is 5.97 Å². The Morgan fingerprint density at radius 3 is 2.39 bits per heavy atom. The van der Waals surface area contributed by atoms with Crippen molar-refractivity contribution in [2.75, 3.05) is 11.9 Å². The van der Waals surface area contributed by atoms with Gasteiger partial charge in [0, 0.05) is 11.9 Å². The van der Waals surface area contributed by atoms with E-state index in [1.165, 1.54) is 6.92 Å². The standard InChI is InChI=1S/C19H15ClF3NO4/c1-2-28-19(27)13(8-24-11-5-3-10(9-25)4-6-11)18(26)12-7-14(21)17(23)15(20)16(12)22/h3-8,24-25H,2,9H2,1H3. The Kier molecular flexibility index (Phi) is 7.19. The van der Waals surface area contributed by atoms with Crippen molar-refractivity contribution in [1.29, 1.82) is 0 Å². The van der Waals surface area contributed by atoms with Gasteiger partial charge in [-0.1, -0.05) is 23.7 Å². The van der Waals surface area contributed by atoms with E-state index in [9.17, 15) is 22.8 Å². The molecule has 2 N–H and O–H groups in total. The summed E-state index contributed by atoms with van der Waals surface area (Å²) in [7, 11) is 0. The Labute approximate surface area is 163 Å². The lowest BCUT2D eigenvalue weighted by molar-refractivity contribution is -0.138. The molecule has 9 heteroatoms. The third-order valence-electron chi connectivity index (χ3n) is 3.61. The number of anilines is 1. The predicted molar refractivity (Wildman–Crippen MR) is 96.4 cm³/mol. The maximum absolute atomic E-state index is 14.2. The topological polar surface area (TPSA) is 75.6 Å². The predicted octanol–water partition coefficient (Wildman–Crippen LogP) is 3.99. The first-order valence-electron chi connectivity index (χ1n) is 8.01. The molecule has 2 aromatic carbocycles. The number of rotatable bonds is 7. The van der Waals surface area contributed by atoms with Gasteiger partial charge in [-0.05, 0) is 30.7 Å². The fourth-order valence-electron chi connectivity index (χ4n) is 2.17. The molecule has 0 bridgehead atoms. The lowest BCUT2D eigenvalue weighted by atomic mass is 10.0. The highest BCUT2D eigenvalue weighted by atomic mass is 35.5. The van der Waals surface area contributed by atoms with E-state index in [2.05, 4.69) is 5.32 Å². The molecule has 5 nitrogen and oxygen atoms in total. The Morgan fingerprint density at radius 2 is 1.82 bits per heavy atom. The molecule has 0 heterocycles. The number of benzene rings is 2. The van der Waals surface area contributed by atoms with Crippen LogP contribution in [-0.4, -0.2) is 23.5 Å². The summed E-state index contributed by atoms with van der Waals surface area (Å²) in [5.41, 5.74) is -0.486. The van der Waals surface area contributed by atoms with Gasteiger partial charge in [-0.2, -0.15) is 0 Å². The first-order chi connectivity index (χ1) is 13.3. The monoisotopic (exact) mass is 413 g/mol. The molecular formula is C19H15ClF3NO4. The van der Waals surface area contributed by atoms with Crippen molar-refractivity contribution >= 4 is 29.0 Å². The minimum absolute atomic E-state index is 0.0737. The number of hydrogen-bond acceptors (Lipinski definition) is 5. The van der Waals surface area contributed by atoms with E-state index >= 15 is 0 Å². The molecule has 2 aromatic rings. The SMILES string of the molecule is CCOC(=O)C(=CNc1ccc(CO)cc1)C(=O)c1cc(F)c(F)c(Cl)c1F. The number of ketones is 1. The molecule has 0 saturated heterocycles. The molecule has 0 saturated carbocycles. The van der Waals surface area contributed by atoms with Gasteiger partial charge < -0.3 is 15.2 Å². The van der Waals surface area contributed by atoms with Crippen LogP contribution in [0.3, 0.4) is 0 Å². The van der Waals surface area contributed by atoms with Gasteiger partial charge in [0.05, 0.1) is 18.8 Å². The van der Waals surface area contributed by atoms with Crippen LogP contribution in [0.1, 0.15) is 22.8 Å². The third kappa shape index (κ3) is 4.71. The molecule has 0 fully saturated rings. The van der Waals surface area contributed by atoms with Crippen molar-refractivity contribution in [3.8, 4) is 0 Å². The fraction of sp³-hybridized carbons (Fsp3) is 0.158. The maximum atomic E-state index is 14.2. The number of ether oxygens (including phenoxy) is 1. The molecule has 0 aliphatic carbocycles. The second-order valence-electron chi connectivity index (χ2n) is 5.45. The average Bonchev–Trinajstić information content (AvgIpc) is 2.69. The normalized spacial score (nSPS) is 11.3. The number of carbonyl (C=O) groups excluding carboxylic acids is 2. The lowest BCUT2D eigenvalue weighted by Gasteiger charge is -2.10. The zero-order chi connectivity index (χ0) is 20.8. The van der Waals surface area contributed by atoms with Crippen molar-refractivity contribution in [2.45, 2.75) is 13.5 Å². The Bertz CT molecular complexity index is 930. The number of aliphatic hydroxyl groups is 1. The van der Waals surface area contributed by atoms with Gasteiger partial charge in [-0.25, -0.2) is 18.0 Å². The summed E-state index contributed by atoms with van der Waals surface area (Å²) in [5, 5.41) is 10.5. The number of carbonyl (C=O) groups is 2. The van der Waals surface area contributed by atoms with Crippen molar-refractivity contribution in [1.82, 2.24) is 0 Å². The highest BCUT2D eigenvalue weighted by Gasteiger charge is 2.28. The van der Waals surface area contributed by atoms with E-state index in [4.69, 9.17) is 21.4 Å². The van der Waals surface area contributed by atoms with E-state index in [1.54, 1.807) is 24.3 Å².